The number of nitrogens with zero attached hydrogens (tertiary/aromatic N) is 2. The lowest BCUT2D eigenvalue weighted by Crippen LogP contribution is -2.27. The summed E-state index contributed by atoms with van der Waals surface area (Å²) in [5, 5.41) is 1.17. The van der Waals surface area contributed by atoms with Gasteiger partial charge in [-0.05, 0) is 85.3 Å². The number of imide groups is 1. The summed E-state index contributed by atoms with van der Waals surface area (Å²) < 4.78 is 2.09. The summed E-state index contributed by atoms with van der Waals surface area (Å²) in [6, 6.07) is 14.6. The molecule has 4 rings (SSSR count). The number of aryl methyl sites for hydroxylation is 1. The van der Waals surface area contributed by atoms with Crippen LogP contribution in [0.15, 0.2) is 53.4 Å². The molecule has 2 aromatic carbocycles. The first-order valence-corrected chi connectivity index (χ1v) is 11.3. The summed E-state index contributed by atoms with van der Waals surface area (Å²) in [6.45, 7) is 4.12. The lowest BCUT2D eigenvalue weighted by atomic mass is 10.2. The molecule has 2 heterocycles. The number of hydrogen-bond donors (Lipinski definition) is 0. The van der Waals surface area contributed by atoms with Gasteiger partial charge in [0.05, 0.1) is 21.5 Å². The van der Waals surface area contributed by atoms with Crippen LogP contribution < -0.4 is 0 Å². The van der Waals surface area contributed by atoms with E-state index >= 15 is 0 Å². The molecule has 1 fully saturated rings. The molecule has 0 unspecified atom stereocenters. The van der Waals surface area contributed by atoms with Crippen molar-refractivity contribution in [2.45, 2.75) is 20.4 Å². The molecule has 0 bridgehead atoms. The number of thioether (sulfide) groups is 1. The second-order valence-electron chi connectivity index (χ2n) is 7.15. The zero-order valence-electron chi connectivity index (χ0n) is 16.7. The van der Waals surface area contributed by atoms with E-state index in [-0.39, 0.29) is 17.7 Å². The van der Waals surface area contributed by atoms with E-state index in [4.69, 9.17) is 34.8 Å². The van der Waals surface area contributed by atoms with Crippen molar-refractivity contribution in [2.75, 3.05) is 0 Å². The van der Waals surface area contributed by atoms with E-state index in [2.05, 4.69) is 4.57 Å². The second kappa shape index (κ2) is 8.75. The highest BCUT2D eigenvalue weighted by Crippen LogP contribution is 2.35. The van der Waals surface area contributed by atoms with Crippen LogP contribution in [0.5, 0.6) is 0 Å². The van der Waals surface area contributed by atoms with Crippen LogP contribution in [0.25, 0.3) is 11.8 Å². The van der Waals surface area contributed by atoms with Gasteiger partial charge in [-0.2, -0.15) is 0 Å². The van der Waals surface area contributed by atoms with Crippen molar-refractivity contribution in [1.29, 1.82) is 0 Å². The summed E-state index contributed by atoms with van der Waals surface area (Å²) in [5.41, 5.74) is 4.58. The number of benzene rings is 2. The highest BCUT2D eigenvalue weighted by Gasteiger charge is 2.35. The van der Waals surface area contributed by atoms with Crippen LogP contribution in [0.2, 0.25) is 15.1 Å². The largest absolute Gasteiger partial charge is 0.318 e. The SMILES string of the molecule is Cc1cc(/C=C2\SC(=O)N(Cc3ccc(Cl)c(Cl)c3)C2=O)c(C)n1-c1ccc(Cl)cc1. The van der Waals surface area contributed by atoms with E-state index in [0.29, 0.717) is 20.0 Å². The topological polar surface area (TPSA) is 42.3 Å². The van der Waals surface area contributed by atoms with Crippen molar-refractivity contribution in [3.05, 3.63) is 91.0 Å². The minimum Gasteiger partial charge on any atom is -0.318 e. The minimum absolute atomic E-state index is 0.142. The van der Waals surface area contributed by atoms with Crippen molar-refractivity contribution >= 4 is 63.8 Å². The van der Waals surface area contributed by atoms with E-state index < -0.39 is 0 Å². The Morgan fingerprint density at radius 2 is 1.65 bits per heavy atom. The van der Waals surface area contributed by atoms with Gasteiger partial charge in [0.1, 0.15) is 0 Å². The average Bonchev–Trinajstić information content (AvgIpc) is 3.15. The molecule has 1 aromatic heterocycles. The van der Waals surface area contributed by atoms with Crippen LogP contribution in [0.1, 0.15) is 22.5 Å². The van der Waals surface area contributed by atoms with Gasteiger partial charge in [-0.25, -0.2) is 0 Å². The highest BCUT2D eigenvalue weighted by atomic mass is 35.5. The van der Waals surface area contributed by atoms with E-state index in [1.165, 1.54) is 4.90 Å². The van der Waals surface area contributed by atoms with Gasteiger partial charge in [0.2, 0.25) is 0 Å². The Morgan fingerprint density at radius 3 is 2.32 bits per heavy atom. The molecule has 4 nitrogen and oxygen atoms in total. The van der Waals surface area contributed by atoms with Gasteiger partial charge in [0.15, 0.2) is 0 Å². The molecular formula is C23H17Cl3N2O2S. The minimum atomic E-state index is -0.322. The van der Waals surface area contributed by atoms with Gasteiger partial charge in [-0.3, -0.25) is 14.5 Å². The van der Waals surface area contributed by atoms with Gasteiger partial charge in [-0.1, -0.05) is 40.9 Å². The maximum atomic E-state index is 12.9. The quantitative estimate of drug-likeness (QED) is 0.360. The predicted octanol–water partition coefficient (Wildman–Crippen LogP) is 7.29. The molecule has 3 aromatic rings. The first-order chi connectivity index (χ1) is 14.7. The number of aromatic nitrogens is 1. The number of hydrogen-bond acceptors (Lipinski definition) is 3. The summed E-state index contributed by atoms with van der Waals surface area (Å²) in [5.74, 6) is -0.322. The summed E-state index contributed by atoms with van der Waals surface area (Å²) in [6.07, 6.45) is 1.77. The summed E-state index contributed by atoms with van der Waals surface area (Å²) in [4.78, 5) is 27.0. The zero-order valence-corrected chi connectivity index (χ0v) is 19.7. The molecule has 0 aliphatic carbocycles. The first kappa shape index (κ1) is 22.0. The van der Waals surface area contributed by atoms with Gasteiger partial charge in [-0.15, -0.1) is 0 Å². The Bertz CT molecular complexity index is 1230. The van der Waals surface area contributed by atoms with Crippen molar-refractivity contribution in [3.63, 3.8) is 0 Å². The third-order valence-electron chi connectivity index (χ3n) is 5.04. The zero-order chi connectivity index (χ0) is 22.3. The molecule has 0 radical (unpaired) electrons. The Balaban J connectivity index is 1.61. The van der Waals surface area contributed by atoms with E-state index in [1.807, 2.05) is 44.2 Å². The normalized spacial score (nSPS) is 15.4. The van der Waals surface area contributed by atoms with Crippen LogP contribution in [0.4, 0.5) is 4.79 Å². The van der Waals surface area contributed by atoms with Gasteiger partial charge >= 0.3 is 0 Å². The number of amides is 2. The van der Waals surface area contributed by atoms with Crippen LogP contribution in [0, 0.1) is 13.8 Å². The lowest BCUT2D eigenvalue weighted by molar-refractivity contribution is -0.123. The standard InChI is InChI=1S/C23H17Cl3N2O2S/c1-13-9-16(14(2)28(13)18-6-4-17(24)5-7-18)11-21-22(29)27(23(30)31-21)12-15-3-8-19(25)20(26)10-15/h3-11H,12H2,1-2H3/b21-11-. The fourth-order valence-corrected chi connectivity index (χ4v) is 4.80. The van der Waals surface area contributed by atoms with E-state index in [9.17, 15) is 9.59 Å². The highest BCUT2D eigenvalue weighted by molar-refractivity contribution is 8.18. The number of carbonyl (C=O) groups is 2. The summed E-state index contributed by atoms with van der Waals surface area (Å²) in [7, 11) is 0. The smallest absolute Gasteiger partial charge is 0.293 e. The third-order valence-corrected chi connectivity index (χ3v) is 6.94. The van der Waals surface area contributed by atoms with Crippen molar-refractivity contribution in [2.24, 2.45) is 0 Å². The molecule has 158 valence electrons. The Kier molecular flexibility index (Phi) is 6.22. The molecule has 1 aliphatic heterocycles. The van der Waals surface area contributed by atoms with Crippen LogP contribution in [-0.2, 0) is 11.3 Å². The maximum Gasteiger partial charge on any atom is 0.293 e. The first-order valence-electron chi connectivity index (χ1n) is 9.39. The predicted molar refractivity (Wildman–Crippen MR) is 128 cm³/mol. The fraction of sp³-hybridized carbons (Fsp3) is 0.130. The fourth-order valence-electron chi connectivity index (χ4n) is 3.52. The molecule has 31 heavy (non-hydrogen) atoms. The van der Waals surface area contributed by atoms with E-state index in [1.54, 1.807) is 24.3 Å². The lowest BCUT2D eigenvalue weighted by Gasteiger charge is -2.13. The summed E-state index contributed by atoms with van der Waals surface area (Å²) >= 11 is 18.9. The van der Waals surface area contributed by atoms with E-state index in [0.717, 1.165) is 40.0 Å². The van der Waals surface area contributed by atoms with Crippen molar-refractivity contribution < 1.29 is 9.59 Å². The van der Waals surface area contributed by atoms with Crippen molar-refractivity contribution in [1.82, 2.24) is 9.47 Å². The molecule has 2 amide bonds. The second-order valence-corrected chi connectivity index (χ2v) is 9.40. The van der Waals surface area contributed by atoms with Crippen molar-refractivity contribution in [3.8, 4) is 5.69 Å². The third kappa shape index (κ3) is 4.41. The Hall–Kier alpha value is -2.18. The Labute approximate surface area is 199 Å². The monoisotopic (exact) mass is 490 g/mol. The molecule has 0 saturated carbocycles. The van der Waals surface area contributed by atoms with Gasteiger partial charge < -0.3 is 4.57 Å². The van der Waals surface area contributed by atoms with Crippen LogP contribution in [0.3, 0.4) is 0 Å². The van der Waals surface area contributed by atoms with Gasteiger partial charge in [0, 0.05) is 22.1 Å². The van der Waals surface area contributed by atoms with Crippen LogP contribution >= 0.6 is 46.6 Å². The molecule has 1 aliphatic rings. The molecule has 0 spiro atoms. The molecule has 0 atom stereocenters. The average molecular weight is 492 g/mol. The number of rotatable bonds is 4. The van der Waals surface area contributed by atoms with Crippen LogP contribution in [-0.4, -0.2) is 20.6 Å². The van der Waals surface area contributed by atoms with Gasteiger partial charge in [0.25, 0.3) is 11.1 Å². The molecule has 8 heteroatoms. The number of carbonyl (C=O) groups excluding carboxylic acids is 2. The maximum absolute atomic E-state index is 12.9. The number of halogens is 3. The molecule has 0 N–H and O–H groups in total. The molecule has 1 saturated heterocycles. The molecular weight excluding hydrogens is 475 g/mol. The Morgan fingerprint density at radius 1 is 0.935 bits per heavy atom.